The Labute approximate surface area is 110 Å². The molecular formula is C14H24N2O2. The highest BCUT2D eigenvalue weighted by Gasteiger charge is 2.04. The minimum absolute atomic E-state index is 0.217. The van der Waals surface area contributed by atoms with Gasteiger partial charge in [0.1, 0.15) is 5.75 Å². The molecular weight excluding hydrogens is 228 g/mol. The lowest BCUT2D eigenvalue weighted by molar-refractivity contribution is 0.118. The molecule has 1 atom stereocenters. The van der Waals surface area contributed by atoms with Crippen LogP contribution in [0.25, 0.3) is 0 Å². The monoisotopic (exact) mass is 252 g/mol. The van der Waals surface area contributed by atoms with E-state index in [4.69, 9.17) is 4.74 Å². The summed E-state index contributed by atoms with van der Waals surface area (Å²) in [5.41, 5.74) is 1.09. The maximum Gasteiger partial charge on any atom is 0.115 e. The Balaban J connectivity index is 2.15. The van der Waals surface area contributed by atoms with Gasteiger partial charge >= 0.3 is 0 Å². The van der Waals surface area contributed by atoms with Gasteiger partial charge in [0, 0.05) is 19.1 Å². The van der Waals surface area contributed by atoms with Gasteiger partial charge in [-0.25, -0.2) is 0 Å². The third kappa shape index (κ3) is 6.00. The van der Waals surface area contributed by atoms with Crippen LogP contribution in [0.1, 0.15) is 18.5 Å². The predicted octanol–water partition coefficient (Wildman–Crippen LogP) is 1.62. The maximum absolute atomic E-state index is 9.40. The van der Waals surface area contributed by atoms with Crippen LogP contribution >= 0.6 is 0 Å². The van der Waals surface area contributed by atoms with Crippen molar-refractivity contribution in [1.82, 2.24) is 10.2 Å². The van der Waals surface area contributed by atoms with Crippen molar-refractivity contribution in [3.63, 3.8) is 0 Å². The zero-order chi connectivity index (χ0) is 13.4. The van der Waals surface area contributed by atoms with Crippen LogP contribution in [0.3, 0.4) is 0 Å². The average Bonchev–Trinajstić information content (AvgIpc) is 2.33. The summed E-state index contributed by atoms with van der Waals surface area (Å²) in [5, 5.41) is 12.8. The van der Waals surface area contributed by atoms with Gasteiger partial charge in [-0.1, -0.05) is 12.1 Å². The lowest BCUT2D eigenvalue weighted by atomic mass is 10.1. The molecule has 1 aromatic carbocycles. The fourth-order valence-electron chi connectivity index (χ4n) is 1.61. The number of benzene rings is 1. The summed E-state index contributed by atoms with van der Waals surface area (Å²) in [5.74, 6) is 0.309. The molecule has 102 valence electrons. The molecule has 18 heavy (non-hydrogen) atoms. The molecule has 0 aliphatic rings. The van der Waals surface area contributed by atoms with Crippen molar-refractivity contribution in [1.29, 1.82) is 0 Å². The third-order valence-electron chi connectivity index (χ3n) is 2.75. The molecule has 0 aliphatic carbocycles. The molecule has 0 spiro atoms. The lowest BCUT2D eigenvalue weighted by Gasteiger charge is -2.15. The van der Waals surface area contributed by atoms with Crippen molar-refractivity contribution in [2.45, 2.75) is 13.0 Å². The summed E-state index contributed by atoms with van der Waals surface area (Å²) in [4.78, 5) is 2.10. The number of rotatable bonds is 8. The molecule has 0 aromatic heterocycles. The highest BCUT2D eigenvalue weighted by atomic mass is 16.5. The Kier molecular flexibility index (Phi) is 6.72. The van der Waals surface area contributed by atoms with E-state index in [-0.39, 0.29) is 6.04 Å². The second-order valence-electron chi connectivity index (χ2n) is 4.69. The molecule has 0 heterocycles. The molecule has 0 bridgehead atoms. The molecule has 0 saturated heterocycles. The molecule has 4 nitrogen and oxygen atoms in total. The number of ether oxygens (including phenoxy) is 1. The topological polar surface area (TPSA) is 44.7 Å². The number of likely N-dealkylation sites (N-methyl/N-ethyl adjacent to an activating group) is 1. The molecule has 1 unspecified atom stereocenters. The summed E-state index contributed by atoms with van der Waals surface area (Å²) >= 11 is 0. The summed E-state index contributed by atoms with van der Waals surface area (Å²) in [6.07, 6.45) is 0. The van der Waals surface area contributed by atoms with Crippen LogP contribution in [-0.4, -0.2) is 50.4 Å². The summed E-state index contributed by atoms with van der Waals surface area (Å²) < 4.78 is 5.50. The summed E-state index contributed by atoms with van der Waals surface area (Å²) in [6.45, 7) is 5.30. The molecule has 0 amide bonds. The second kappa shape index (κ2) is 8.08. The summed E-state index contributed by atoms with van der Waals surface area (Å²) in [7, 11) is 4.07. The Morgan fingerprint density at radius 1 is 1.33 bits per heavy atom. The molecule has 0 fully saturated rings. The van der Waals surface area contributed by atoms with Crippen LogP contribution in [-0.2, 0) is 4.74 Å². The van der Waals surface area contributed by atoms with E-state index in [1.54, 1.807) is 12.1 Å². The Bertz CT molecular complexity index is 342. The van der Waals surface area contributed by atoms with E-state index >= 15 is 0 Å². The van der Waals surface area contributed by atoms with Crippen LogP contribution in [0.2, 0.25) is 0 Å². The highest BCUT2D eigenvalue weighted by molar-refractivity contribution is 5.28. The smallest absolute Gasteiger partial charge is 0.115 e. The van der Waals surface area contributed by atoms with Crippen molar-refractivity contribution < 1.29 is 9.84 Å². The van der Waals surface area contributed by atoms with E-state index in [2.05, 4.69) is 17.1 Å². The van der Waals surface area contributed by atoms with Gasteiger partial charge in [0.05, 0.1) is 13.2 Å². The highest BCUT2D eigenvalue weighted by Crippen LogP contribution is 2.17. The molecule has 0 aliphatic heterocycles. The minimum atomic E-state index is 0.217. The van der Waals surface area contributed by atoms with Crippen molar-refractivity contribution in [3.05, 3.63) is 29.8 Å². The van der Waals surface area contributed by atoms with E-state index < -0.39 is 0 Å². The van der Waals surface area contributed by atoms with E-state index in [0.717, 1.165) is 25.3 Å². The third-order valence-corrected chi connectivity index (χ3v) is 2.75. The van der Waals surface area contributed by atoms with Crippen molar-refractivity contribution in [2.75, 3.05) is 40.4 Å². The zero-order valence-electron chi connectivity index (χ0n) is 11.5. The first-order chi connectivity index (χ1) is 8.59. The zero-order valence-corrected chi connectivity index (χ0v) is 11.5. The van der Waals surface area contributed by atoms with Crippen LogP contribution < -0.4 is 5.32 Å². The SMILES string of the molecule is CC(NCCOCCN(C)C)c1cccc(O)c1. The van der Waals surface area contributed by atoms with E-state index in [9.17, 15) is 5.11 Å². The van der Waals surface area contributed by atoms with Gasteiger partial charge in [-0.15, -0.1) is 0 Å². The lowest BCUT2D eigenvalue weighted by Crippen LogP contribution is -2.25. The number of nitrogens with one attached hydrogen (secondary N) is 1. The number of aromatic hydroxyl groups is 1. The Hall–Kier alpha value is -1.10. The van der Waals surface area contributed by atoms with Crippen LogP contribution in [0.5, 0.6) is 5.75 Å². The first-order valence-electron chi connectivity index (χ1n) is 6.34. The Morgan fingerprint density at radius 3 is 2.78 bits per heavy atom. The molecule has 0 radical (unpaired) electrons. The van der Waals surface area contributed by atoms with Crippen LogP contribution in [0.15, 0.2) is 24.3 Å². The van der Waals surface area contributed by atoms with Gasteiger partial charge in [0.2, 0.25) is 0 Å². The number of hydrogen-bond donors (Lipinski definition) is 2. The molecule has 1 aromatic rings. The standard InChI is InChI=1S/C14H24N2O2/c1-12(13-5-4-6-14(17)11-13)15-7-9-18-10-8-16(2)3/h4-6,11-12,15,17H,7-10H2,1-3H3. The van der Waals surface area contributed by atoms with Gasteiger partial charge in [-0.2, -0.15) is 0 Å². The van der Waals surface area contributed by atoms with Crippen molar-refractivity contribution in [3.8, 4) is 5.75 Å². The predicted molar refractivity (Wildman–Crippen MR) is 73.9 cm³/mol. The average molecular weight is 252 g/mol. The molecule has 1 rings (SSSR count). The van der Waals surface area contributed by atoms with E-state index in [0.29, 0.717) is 12.4 Å². The van der Waals surface area contributed by atoms with E-state index in [1.807, 2.05) is 26.2 Å². The quantitative estimate of drug-likeness (QED) is 0.690. The second-order valence-corrected chi connectivity index (χ2v) is 4.69. The number of phenols is 1. The van der Waals surface area contributed by atoms with Gasteiger partial charge < -0.3 is 20.1 Å². The molecule has 2 N–H and O–H groups in total. The first kappa shape index (κ1) is 15.0. The number of phenolic OH excluding ortho intramolecular Hbond substituents is 1. The number of hydrogen-bond acceptors (Lipinski definition) is 4. The summed E-state index contributed by atoms with van der Waals surface area (Å²) in [6, 6.07) is 7.54. The minimum Gasteiger partial charge on any atom is -0.508 e. The van der Waals surface area contributed by atoms with Crippen molar-refractivity contribution >= 4 is 0 Å². The Morgan fingerprint density at radius 2 is 2.11 bits per heavy atom. The number of nitrogens with zero attached hydrogens (tertiary/aromatic N) is 1. The maximum atomic E-state index is 9.40. The van der Waals surface area contributed by atoms with Gasteiger partial charge in [0.15, 0.2) is 0 Å². The first-order valence-corrected chi connectivity index (χ1v) is 6.34. The fraction of sp³-hybridized carbons (Fsp3) is 0.571. The fourth-order valence-corrected chi connectivity index (χ4v) is 1.61. The largest absolute Gasteiger partial charge is 0.508 e. The van der Waals surface area contributed by atoms with Gasteiger partial charge in [-0.05, 0) is 38.7 Å². The normalized spacial score (nSPS) is 12.9. The van der Waals surface area contributed by atoms with Crippen LogP contribution in [0, 0.1) is 0 Å². The van der Waals surface area contributed by atoms with Crippen LogP contribution in [0.4, 0.5) is 0 Å². The molecule has 0 saturated carbocycles. The van der Waals surface area contributed by atoms with Crippen molar-refractivity contribution in [2.24, 2.45) is 0 Å². The van der Waals surface area contributed by atoms with E-state index in [1.165, 1.54) is 0 Å². The van der Waals surface area contributed by atoms with Gasteiger partial charge in [-0.3, -0.25) is 0 Å². The van der Waals surface area contributed by atoms with Gasteiger partial charge in [0.25, 0.3) is 0 Å². The molecule has 4 heteroatoms.